The van der Waals surface area contributed by atoms with Crippen molar-refractivity contribution < 1.29 is 13.6 Å². The molecule has 0 aliphatic heterocycles. The molecule has 4 aromatic rings. The average Bonchev–Trinajstić information content (AvgIpc) is 3.36. The number of thiazole rings is 1. The molecule has 1 aromatic carbocycles. The molecule has 0 aliphatic carbocycles. The number of para-hydroxylation sites is 2. The van der Waals surface area contributed by atoms with E-state index in [1.165, 1.54) is 11.3 Å². The number of halogens is 2. The quantitative estimate of drug-likeness (QED) is 0.316. The van der Waals surface area contributed by atoms with E-state index in [4.69, 9.17) is 0 Å². The number of hydrogen-bond donors (Lipinski definition) is 0. The largest absolute Gasteiger partial charge is 0.321 e. The Morgan fingerprint density at radius 1 is 1.29 bits per heavy atom. The van der Waals surface area contributed by atoms with Gasteiger partial charge in [0.15, 0.2) is 16.1 Å². The van der Waals surface area contributed by atoms with Crippen molar-refractivity contribution >= 4 is 39.9 Å². The average molecular weight is 418 g/mol. The number of carbonyl (C=O) groups excluding carboxylic acids is 1. The Morgan fingerprint density at radius 2 is 2.07 bits per heavy atom. The SMILES string of the molecule is Cc1cc(C(=O)CSc2nc3ccccc3n2C(F)F)c(C)n1-c1nccs1. The summed E-state index contributed by atoms with van der Waals surface area (Å²) in [6.45, 7) is 1.05. The van der Waals surface area contributed by atoms with Gasteiger partial charge in [-0.1, -0.05) is 23.9 Å². The van der Waals surface area contributed by atoms with Gasteiger partial charge >= 0.3 is 6.55 Å². The van der Waals surface area contributed by atoms with Gasteiger partial charge in [0.05, 0.1) is 16.8 Å². The van der Waals surface area contributed by atoms with Crippen LogP contribution in [0.4, 0.5) is 8.78 Å². The zero-order chi connectivity index (χ0) is 19.8. The first-order chi connectivity index (χ1) is 13.5. The van der Waals surface area contributed by atoms with Gasteiger partial charge in [-0.05, 0) is 32.0 Å². The Kier molecular flexibility index (Phi) is 5.03. The Labute approximate surface area is 168 Å². The molecule has 0 aliphatic rings. The molecule has 144 valence electrons. The van der Waals surface area contributed by atoms with Crippen LogP contribution >= 0.6 is 23.1 Å². The summed E-state index contributed by atoms with van der Waals surface area (Å²) in [5.41, 5.74) is 3.11. The van der Waals surface area contributed by atoms with Crippen molar-refractivity contribution in [2.75, 3.05) is 5.75 Å². The van der Waals surface area contributed by atoms with Gasteiger partial charge in [-0.3, -0.25) is 13.9 Å². The fourth-order valence-corrected chi connectivity index (χ4v) is 4.83. The van der Waals surface area contributed by atoms with Crippen molar-refractivity contribution in [3.63, 3.8) is 0 Å². The summed E-state index contributed by atoms with van der Waals surface area (Å²) in [7, 11) is 0. The second-order valence-corrected chi connectivity index (χ2v) is 7.99. The molecule has 0 unspecified atom stereocenters. The Morgan fingerprint density at radius 3 is 2.79 bits per heavy atom. The van der Waals surface area contributed by atoms with Gasteiger partial charge < -0.3 is 0 Å². The molecule has 28 heavy (non-hydrogen) atoms. The van der Waals surface area contributed by atoms with Gasteiger partial charge in [0, 0.05) is 28.5 Å². The summed E-state index contributed by atoms with van der Waals surface area (Å²) >= 11 is 2.51. The second-order valence-electron chi connectivity index (χ2n) is 6.18. The number of thioether (sulfide) groups is 1. The van der Waals surface area contributed by atoms with E-state index in [2.05, 4.69) is 9.97 Å². The van der Waals surface area contributed by atoms with Crippen LogP contribution in [0.25, 0.3) is 16.2 Å². The van der Waals surface area contributed by atoms with E-state index >= 15 is 0 Å². The van der Waals surface area contributed by atoms with Crippen LogP contribution < -0.4 is 0 Å². The number of nitrogens with zero attached hydrogens (tertiary/aromatic N) is 4. The van der Waals surface area contributed by atoms with Gasteiger partial charge in [0.2, 0.25) is 0 Å². The van der Waals surface area contributed by atoms with E-state index in [9.17, 15) is 13.6 Å². The number of fused-ring (bicyclic) bond motifs is 1. The Bertz CT molecular complexity index is 1150. The van der Waals surface area contributed by atoms with Crippen molar-refractivity contribution in [2.24, 2.45) is 0 Å². The highest BCUT2D eigenvalue weighted by molar-refractivity contribution is 7.99. The molecule has 0 saturated heterocycles. The van der Waals surface area contributed by atoms with E-state index in [-0.39, 0.29) is 16.7 Å². The number of Topliss-reactive ketones (excluding diaryl/α,β-unsaturated/α-hetero) is 1. The lowest BCUT2D eigenvalue weighted by molar-refractivity contribution is 0.0656. The van der Waals surface area contributed by atoms with Crippen LogP contribution in [-0.2, 0) is 0 Å². The highest BCUT2D eigenvalue weighted by Gasteiger charge is 2.21. The van der Waals surface area contributed by atoms with Crippen LogP contribution in [0.5, 0.6) is 0 Å². The number of benzene rings is 1. The molecule has 3 heterocycles. The maximum atomic E-state index is 13.5. The summed E-state index contributed by atoms with van der Waals surface area (Å²) in [6.07, 6.45) is 1.71. The van der Waals surface area contributed by atoms with Crippen molar-refractivity contribution in [1.82, 2.24) is 19.1 Å². The monoisotopic (exact) mass is 418 g/mol. The minimum atomic E-state index is -2.72. The molecule has 0 spiro atoms. The van der Waals surface area contributed by atoms with Gasteiger partial charge in [0.25, 0.3) is 0 Å². The first-order valence-corrected chi connectivity index (χ1v) is 10.3. The zero-order valence-electron chi connectivity index (χ0n) is 15.1. The van der Waals surface area contributed by atoms with Crippen LogP contribution in [0.3, 0.4) is 0 Å². The summed E-state index contributed by atoms with van der Waals surface area (Å²) < 4.78 is 29.9. The number of imidazole rings is 1. The second kappa shape index (κ2) is 7.48. The number of ketones is 1. The molecule has 5 nitrogen and oxygen atoms in total. The third kappa shape index (κ3) is 3.24. The van der Waals surface area contributed by atoms with Gasteiger partial charge in [-0.25, -0.2) is 9.97 Å². The van der Waals surface area contributed by atoms with E-state index in [0.29, 0.717) is 16.6 Å². The normalized spacial score (nSPS) is 11.6. The fraction of sp³-hybridized carbons (Fsp3) is 0.211. The van der Waals surface area contributed by atoms with Crippen molar-refractivity contribution in [3.05, 3.63) is 58.9 Å². The minimum absolute atomic E-state index is 0.0260. The van der Waals surface area contributed by atoms with E-state index < -0.39 is 6.55 Å². The molecule has 0 atom stereocenters. The van der Waals surface area contributed by atoms with Crippen molar-refractivity contribution in [1.29, 1.82) is 0 Å². The lowest BCUT2D eigenvalue weighted by Crippen LogP contribution is -2.07. The Hall–Kier alpha value is -2.52. The minimum Gasteiger partial charge on any atom is -0.294 e. The number of rotatable bonds is 6. The standard InChI is InChI=1S/C19H16F2N4OS2/c1-11-9-13(12(2)24(11)18-22-7-8-27-18)16(26)10-28-19-23-14-5-3-4-6-15(14)25(19)17(20)21/h3-9,17H,10H2,1-2H3. The zero-order valence-corrected chi connectivity index (χ0v) is 16.7. The van der Waals surface area contributed by atoms with Crippen molar-refractivity contribution in [2.45, 2.75) is 25.6 Å². The maximum Gasteiger partial charge on any atom is 0.321 e. The predicted molar refractivity (Wildman–Crippen MR) is 107 cm³/mol. The van der Waals surface area contributed by atoms with Crippen LogP contribution in [0.15, 0.2) is 47.1 Å². The highest BCUT2D eigenvalue weighted by atomic mass is 32.2. The molecule has 0 fully saturated rings. The van der Waals surface area contributed by atoms with Crippen LogP contribution in [0.2, 0.25) is 0 Å². The van der Waals surface area contributed by atoms with Gasteiger partial charge in [-0.2, -0.15) is 8.78 Å². The topological polar surface area (TPSA) is 52.7 Å². The fourth-order valence-electron chi connectivity index (χ4n) is 3.19. The van der Waals surface area contributed by atoms with Gasteiger partial charge in [0.1, 0.15) is 0 Å². The number of hydrogen-bond acceptors (Lipinski definition) is 5. The molecular weight excluding hydrogens is 402 g/mol. The molecule has 4 rings (SSSR count). The number of aryl methyl sites for hydroxylation is 1. The van der Waals surface area contributed by atoms with Crippen LogP contribution in [0.1, 0.15) is 28.3 Å². The summed E-state index contributed by atoms with van der Waals surface area (Å²) in [5.74, 6) is -0.105. The molecule has 3 aromatic heterocycles. The van der Waals surface area contributed by atoms with E-state index in [1.54, 1.807) is 30.5 Å². The molecule has 0 amide bonds. The third-order valence-corrected chi connectivity index (χ3v) is 6.14. The van der Waals surface area contributed by atoms with Crippen LogP contribution in [-0.4, -0.2) is 30.6 Å². The lowest BCUT2D eigenvalue weighted by Gasteiger charge is -2.07. The maximum absolute atomic E-state index is 13.5. The first kappa shape index (κ1) is 18.8. The first-order valence-electron chi connectivity index (χ1n) is 8.47. The molecule has 0 N–H and O–H groups in total. The van der Waals surface area contributed by atoms with E-state index in [1.807, 2.05) is 29.9 Å². The molecule has 0 saturated carbocycles. The number of aromatic nitrogens is 4. The summed E-state index contributed by atoms with van der Waals surface area (Å²) in [4.78, 5) is 21.4. The Balaban J connectivity index is 1.60. The summed E-state index contributed by atoms with van der Waals surface area (Å²) in [5, 5.41) is 2.81. The number of carbonyl (C=O) groups is 1. The predicted octanol–water partition coefficient (Wildman–Crippen LogP) is 5.27. The molecular formula is C19H16F2N4OS2. The highest BCUT2D eigenvalue weighted by Crippen LogP contribution is 2.30. The van der Waals surface area contributed by atoms with Crippen molar-refractivity contribution in [3.8, 4) is 5.13 Å². The number of alkyl halides is 2. The van der Waals surface area contributed by atoms with Crippen LogP contribution in [0, 0.1) is 13.8 Å². The lowest BCUT2D eigenvalue weighted by atomic mass is 10.2. The van der Waals surface area contributed by atoms with Gasteiger partial charge in [-0.15, -0.1) is 11.3 Å². The molecule has 0 bridgehead atoms. The smallest absolute Gasteiger partial charge is 0.294 e. The van der Waals surface area contributed by atoms with E-state index in [0.717, 1.165) is 32.8 Å². The third-order valence-electron chi connectivity index (χ3n) is 4.43. The molecule has 9 heteroatoms. The summed E-state index contributed by atoms with van der Waals surface area (Å²) in [6, 6.07) is 8.54. The molecule has 0 radical (unpaired) electrons.